The largest absolute Gasteiger partial charge is 0.486 e. The Kier molecular flexibility index (Phi) is 6.16. The van der Waals surface area contributed by atoms with Crippen molar-refractivity contribution in [2.45, 2.75) is 11.1 Å². The zero-order valence-corrected chi connectivity index (χ0v) is 17.1. The van der Waals surface area contributed by atoms with Gasteiger partial charge in [-0.2, -0.15) is 17.5 Å². The number of halogens is 4. The number of rotatable bonds is 5. The lowest BCUT2D eigenvalue weighted by atomic mass is 10.2. The third-order valence-corrected chi connectivity index (χ3v) is 6.28. The number of ether oxygens (including phenoxy) is 2. The minimum absolute atomic E-state index is 0.117. The van der Waals surface area contributed by atoms with Crippen LogP contribution in [-0.4, -0.2) is 45.4 Å². The molecule has 0 aromatic heterocycles. The van der Waals surface area contributed by atoms with Crippen molar-refractivity contribution in [2.75, 3.05) is 32.1 Å². The van der Waals surface area contributed by atoms with Gasteiger partial charge in [0.2, 0.25) is 15.9 Å². The van der Waals surface area contributed by atoms with E-state index in [1.54, 1.807) is 0 Å². The first-order chi connectivity index (χ1) is 14.0. The van der Waals surface area contributed by atoms with E-state index in [1.807, 2.05) is 0 Å². The van der Waals surface area contributed by atoms with Crippen LogP contribution in [0.4, 0.5) is 18.9 Å². The number of sulfonamides is 1. The number of benzene rings is 2. The van der Waals surface area contributed by atoms with Crippen LogP contribution in [-0.2, 0) is 21.0 Å². The molecule has 0 saturated heterocycles. The van der Waals surface area contributed by atoms with Crippen LogP contribution in [0, 0.1) is 0 Å². The molecule has 3 rings (SSSR count). The van der Waals surface area contributed by atoms with Crippen LogP contribution in [0.5, 0.6) is 11.5 Å². The van der Waals surface area contributed by atoms with Crippen LogP contribution in [0.1, 0.15) is 5.56 Å². The summed E-state index contributed by atoms with van der Waals surface area (Å²) in [4.78, 5) is 12.1. The minimum Gasteiger partial charge on any atom is -0.486 e. The van der Waals surface area contributed by atoms with Crippen LogP contribution in [0.25, 0.3) is 0 Å². The van der Waals surface area contributed by atoms with E-state index in [2.05, 4.69) is 5.32 Å². The number of hydrogen-bond donors (Lipinski definition) is 1. The van der Waals surface area contributed by atoms with Crippen LogP contribution < -0.4 is 14.8 Å². The number of nitrogens with zero attached hydrogens (tertiary/aromatic N) is 1. The lowest BCUT2D eigenvalue weighted by Crippen LogP contribution is -2.35. The number of hydrogen-bond acceptors (Lipinski definition) is 5. The number of carbonyl (C=O) groups is 1. The number of fused-ring (bicyclic) bond motifs is 1. The Labute approximate surface area is 175 Å². The fourth-order valence-corrected chi connectivity index (χ4v) is 3.95. The fourth-order valence-electron chi connectivity index (χ4n) is 2.64. The first kappa shape index (κ1) is 22.2. The molecule has 30 heavy (non-hydrogen) atoms. The molecule has 0 atom stereocenters. The van der Waals surface area contributed by atoms with Gasteiger partial charge < -0.3 is 14.8 Å². The van der Waals surface area contributed by atoms with E-state index in [9.17, 15) is 26.4 Å². The Balaban J connectivity index is 1.74. The van der Waals surface area contributed by atoms with Crippen molar-refractivity contribution in [3.05, 3.63) is 47.0 Å². The summed E-state index contributed by atoms with van der Waals surface area (Å²) in [5, 5.41) is 2.09. The lowest BCUT2D eigenvalue weighted by Gasteiger charge is -2.21. The van der Waals surface area contributed by atoms with Crippen molar-refractivity contribution in [1.29, 1.82) is 0 Å². The highest BCUT2D eigenvalue weighted by Gasteiger charge is 2.31. The van der Waals surface area contributed by atoms with Crippen LogP contribution in [0.2, 0.25) is 5.02 Å². The summed E-state index contributed by atoms with van der Waals surface area (Å²) in [6, 6.07) is 6.47. The Bertz CT molecular complexity index is 1080. The van der Waals surface area contributed by atoms with Crippen molar-refractivity contribution in [3.63, 3.8) is 0 Å². The highest BCUT2D eigenvalue weighted by atomic mass is 35.5. The molecule has 1 aliphatic heterocycles. The van der Waals surface area contributed by atoms with Crippen molar-refractivity contribution < 1.29 is 35.9 Å². The van der Waals surface area contributed by atoms with Gasteiger partial charge >= 0.3 is 6.18 Å². The van der Waals surface area contributed by atoms with Crippen molar-refractivity contribution in [2.24, 2.45) is 0 Å². The summed E-state index contributed by atoms with van der Waals surface area (Å²) < 4.78 is 75.5. The number of alkyl halides is 3. The number of amides is 1. The first-order valence-electron chi connectivity index (χ1n) is 8.51. The summed E-state index contributed by atoms with van der Waals surface area (Å²) in [7, 11) is -2.91. The van der Waals surface area contributed by atoms with Crippen molar-refractivity contribution in [1.82, 2.24) is 4.31 Å². The average Bonchev–Trinajstić information content (AvgIpc) is 2.68. The summed E-state index contributed by atoms with van der Waals surface area (Å²) >= 11 is 5.84. The minimum atomic E-state index is -4.62. The lowest BCUT2D eigenvalue weighted by molar-refractivity contribution is -0.137. The maximum Gasteiger partial charge on any atom is 0.416 e. The molecule has 0 bridgehead atoms. The molecule has 1 aliphatic rings. The molecule has 7 nitrogen and oxygen atoms in total. The van der Waals surface area contributed by atoms with E-state index in [1.165, 1.54) is 25.2 Å². The second kappa shape index (κ2) is 8.32. The van der Waals surface area contributed by atoms with E-state index in [4.69, 9.17) is 21.1 Å². The predicted octanol–water partition coefficient (Wildman–Crippen LogP) is 3.39. The summed E-state index contributed by atoms with van der Waals surface area (Å²) in [5.41, 5.74) is -1.28. The number of anilines is 1. The van der Waals surface area contributed by atoms with Gasteiger partial charge in [-0.1, -0.05) is 11.6 Å². The first-order valence-corrected chi connectivity index (χ1v) is 10.3. The topological polar surface area (TPSA) is 84.9 Å². The zero-order valence-electron chi connectivity index (χ0n) is 15.5. The standard InChI is InChI=1S/C18H16ClF3N2O5S/c1-24(30(26,27)12-3-5-15-16(9-12)29-7-6-28-15)10-17(25)23-14-8-11(18(20,21)22)2-4-13(14)19/h2-5,8-9H,6-7,10H2,1H3,(H,23,25). The SMILES string of the molecule is CN(CC(=O)Nc1cc(C(F)(F)F)ccc1Cl)S(=O)(=O)c1ccc2c(c1)OCCO2. The Morgan fingerprint density at radius 3 is 2.47 bits per heavy atom. The molecule has 0 fully saturated rings. The molecule has 0 unspecified atom stereocenters. The molecule has 0 radical (unpaired) electrons. The van der Waals surface area contributed by atoms with Crippen LogP contribution in [0.15, 0.2) is 41.3 Å². The zero-order chi connectivity index (χ0) is 22.1. The number of nitrogens with one attached hydrogen (secondary N) is 1. The van der Waals surface area contributed by atoms with E-state index in [-0.39, 0.29) is 28.0 Å². The van der Waals surface area contributed by atoms with Crippen molar-refractivity contribution in [3.8, 4) is 11.5 Å². The van der Waals surface area contributed by atoms with Crippen molar-refractivity contribution >= 4 is 33.2 Å². The highest BCUT2D eigenvalue weighted by Crippen LogP contribution is 2.34. The molecule has 1 amide bonds. The Morgan fingerprint density at radius 2 is 1.80 bits per heavy atom. The average molecular weight is 465 g/mol. The van der Waals surface area contributed by atoms with Crippen LogP contribution >= 0.6 is 11.6 Å². The fraction of sp³-hybridized carbons (Fsp3) is 0.278. The van der Waals surface area contributed by atoms with Gasteiger partial charge in [0, 0.05) is 13.1 Å². The monoisotopic (exact) mass is 464 g/mol. The molecular formula is C18H16ClF3N2O5S. The third kappa shape index (κ3) is 4.79. The maximum absolute atomic E-state index is 12.8. The van der Waals surface area contributed by atoms with Gasteiger partial charge in [-0.3, -0.25) is 4.79 Å². The van der Waals surface area contributed by atoms with Gasteiger partial charge in [0.25, 0.3) is 0 Å². The molecule has 0 aliphatic carbocycles. The second-order valence-corrected chi connectivity index (χ2v) is 8.76. The number of carbonyl (C=O) groups excluding carboxylic acids is 1. The molecular weight excluding hydrogens is 449 g/mol. The van der Waals surface area contributed by atoms with E-state index in [0.29, 0.717) is 18.4 Å². The summed E-state index contributed by atoms with van der Waals surface area (Å²) in [6.07, 6.45) is -4.62. The molecule has 12 heteroatoms. The quantitative estimate of drug-likeness (QED) is 0.733. The third-order valence-electron chi connectivity index (χ3n) is 4.16. The predicted molar refractivity (Wildman–Crippen MR) is 102 cm³/mol. The molecule has 2 aromatic carbocycles. The van der Waals surface area contributed by atoms with Gasteiger partial charge in [0.15, 0.2) is 11.5 Å². The van der Waals surface area contributed by atoms with E-state index in [0.717, 1.165) is 16.4 Å². The maximum atomic E-state index is 12.8. The van der Waals surface area contributed by atoms with Gasteiger partial charge in [-0.05, 0) is 30.3 Å². The molecule has 0 saturated carbocycles. The van der Waals surface area contributed by atoms with Gasteiger partial charge in [0.05, 0.1) is 27.7 Å². The number of likely N-dealkylation sites (N-methyl/N-ethyl adjacent to an activating group) is 1. The molecule has 1 heterocycles. The van der Waals surface area contributed by atoms with E-state index < -0.39 is 34.2 Å². The van der Waals surface area contributed by atoms with Gasteiger partial charge in [-0.25, -0.2) is 8.42 Å². The van der Waals surface area contributed by atoms with Gasteiger partial charge in [-0.15, -0.1) is 0 Å². The van der Waals surface area contributed by atoms with Crippen LogP contribution in [0.3, 0.4) is 0 Å². The van der Waals surface area contributed by atoms with E-state index >= 15 is 0 Å². The normalized spacial score (nSPS) is 13.9. The summed E-state index contributed by atoms with van der Waals surface area (Å²) in [6.45, 7) is -0.0346. The molecule has 1 N–H and O–H groups in total. The van der Waals surface area contributed by atoms with Gasteiger partial charge in [0.1, 0.15) is 13.2 Å². The molecule has 162 valence electrons. The Hall–Kier alpha value is -2.50. The molecule has 0 spiro atoms. The Morgan fingerprint density at radius 1 is 1.13 bits per heavy atom. The summed E-state index contributed by atoms with van der Waals surface area (Å²) in [5.74, 6) is -0.199. The smallest absolute Gasteiger partial charge is 0.416 e. The molecule has 2 aromatic rings. The highest BCUT2D eigenvalue weighted by molar-refractivity contribution is 7.89. The second-order valence-electron chi connectivity index (χ2n) is 6.31.